The number of amides is 1. The molecule has 0 bridgehead atoms. The Morgan fingerprint density at radius 2 is 1.74 bits per heavy atom. The van der Waals surface area contributed by atoms with Crippen LogP contribution >= 0.6 is 23.4 Å². The van der Waals surface area contributed by atoms with Crippen LogP contribution in [0.2, 0.25) is 5.02 Å². The summed E-state index contributed by atoms with van der Waals surface area (Å²) in [5, 5.41) is 4.16. The van der Waals surface area contributed by atoms with Crippen LogP contribution in [0.15, 0.2) is 70.6 Å². The third-order valence-corrected chi connectivity index (χ3v) is 8.14. The summed E-state index contributed by atoms with van der Waals surface area (Å²) in [7, 11) is 3.07. The van der Waals surface area contributed by atoms with Crippen LogP contribution < -0.4 is 20.3 Å². The lowest BCUT2D eigenvalue weighted by molar-refractivity contribution is -0.115. The van der Waals surface area contributed by atoms with Gasteiger partial charge in [-0.25, -0.2) is 4.98 Å². The minimum absolute atomic E-state index is 0.130. The Morgan fingerprint density at radius 3 is 2.41 bits per heavy atom. The van der Waals surface area contributed by atoms with Crippen LogP contribution in [-0.4, -0.2) is 34.9 Å². The molecule has 1 N–H and O–H groups in total. The van der Waals surface area contributed by atoms with Crippen molar-refractivity contribution in [3.63, 3.8) is 0 Å². The predicted molar refractivity (Wildman–Crippen MR) is 159 cm³/mol. The number of rotatable bonds is 11. The zero-order valence-electron chi connectivity index (χ0n) is 22.5. The number of hydrogen-bond acceptors (Lipinski definition) is 6. The molecule has 0 spiro atoms. The van der Waals surface area contributed by atoms with Gasteiger partial charge in [0.2, 0.25) is 5.91 Å². The van der Waals surface area contributed by atoms with Crippen LogP contribution in [0.3, 0.4) is 0 Å². The maximum atomic E-state index is 13.8. The maximum absolute atomic E-state index is 13.8. The topological polar surface area (TPSA) is 82.5 Å². The molecule has 0 saturated heterocycles. The van der Waals surface area contributed by atoms with Crippen LogP contribution in [0, 0.1) is 0 Å². The molecular weight excluding hydrogens is 534 g/mol. The van der Waals surface area contributed by atoms with Gasteiger partial charge in [0, 0.05) is 23.3 Å². The highest BCUT2D eigenvalue weighted by Gasteiger charge is 2.23. The van der Waals surface area contributed by atoms with Crippen LogP contribution in [0.1, 0.15) is 31.4 Å². The monoisotopic (exact) mass is 565 g/mol. The molecule has 1 heterocycles. The summed E-state index contributed by atoms with van der Waals surface area (Å²) in [6.07, 6.45) is 1.96. The van der Waals surface area contributed by atoms with Gasteiger partial charge in [-0.2, -0.15) is 0 Å². The molecule has 4 aromatic rings. The first kappa shape index (κ1) is 28.5. The molecule has 9 heteroatoms. The van der Waals surface area contributed by atoms with E-state index in [-0.39, 0.29) is 11.5 Å². The van der Waals surface area contributed by atoms with Gasteiger partial charge in [-0.1, -0.05) is 67.5 Å². The summed E-state index contributed by atoms with van der Waals surface area (Å²) in [5.41, 5.74) is 3.18. The van der Waals surface area contributed by atoms with E-state index in [1.165, 1.54) is 26.0 Å². The Morgan fingerprint density at radius 1 is 1.05 bits per heavy atom. The van der Waals surface area contributed by atoms with Gasteiger partial charge in [-0.05, 0) is 54.7 Å². The number of nitrogens with zero attached hydrogens (tertiary/aromatic N) is 2. The van der Waals surface area contributed by atoms with Crippen LogP contribution in [0.5, 0.6) is 11.5 Å². The van der Waals surface area contributed by atoms with Gasteiger partial charge >= 0.3 is 0 Å². The number of carbonyl (C=O) groups is 1. The average Bonchev–Trinajstić information content (AvgIpc) is 2.96. The van der Waals surface area contributed by atoms with E-state index in [2.05, 4.69) is 12.2 Å². The number of anilines is 1. The van der Waals surface area contributed by atoms with E-state index < -0.39 is 5.25 Å². The predicted octanol–water partition coefficient (Wildman–Crippen LogP) is 6.38. The highest BCUT2D eigenvalue weighted by Crippen LogP contribution is 2.32. The number of methoxy groups -OCH3 is 2. The third-order valence-electron chi connectivity index (χ3n) is 6.53. The van der Waals surface area contributed by atoms with Gasteiger partial charge in [0.15, 0.2) is 16.7 Å². The van der Waals surface area contributed by atoms with E-state index >= 15 is 0 Å². The molecule has 0 aliphatic carbocycles. The first-order valence-corrected chi connectivity index (χ1v) is 14.1. The molecule has 1 atom stereocenters. The lowest BCUT2D eigenvalue weighted by Crippen LogP contribution is -2.29. The maximum Gasteiger partial charge on any atom is 0.262 e. The second kappa shape index (κ2) is 13.0. The van der Waals surface area contributed by atoms with E-state index in [1.54, 1.807) is 16.7 Å². The van der Waals surface area contributed by atoms with E-state index in [4.69, 9.17) is 26.1 Å². The Labute approximate surface area is 237 Å². The Balaban J connectivity index is 1.73. The minimum atomic E-state index is -0.457. The van der Waals surface area contributed by atoms with Crippen molar-refractivity contribution in [3.05, 3.63) is 87.2 Å². The summed E-state index contributed by atoms with van der Waals surface area (Å²) in [4.78, 5) is 32.0. The van der Waals surface area contributed by atoms with Crippen molar-refractivity contribution in [2.75, 3.05) is 19.5 Å². The molecule has 0 radical (unpaired) electrons. The standard InChI is InChI=1S/C30H32ClN3O4S/c1-5-20-9-7-8-10-23(20)32-28(35)27(6-2)39-30-33-24-18-26(38-4)25(37-3)17-22(24)29(36)34(30)16-15-19-11-13-21(31)14-12-19/h7-14,17-18,27H,5-6,15-16H2,1-4H3,(H,32,35). The quantitative estimate of drug-likeness (QED) is 0.168. The first-order valence-electron chi connectivity index (χ1n) is 12.8. The number of aromatic nitrogens is 2. The molecule has 0 saturated carbocycles. The van der Waals surface area contributed by atoms with E-state index in [9.17, 15) is 9.59 Å². The lowest BCUT2D eigenvalue weighted by Gasteiger charge is -2.19. The van der Waals surface area contributed by atoms with Crippen molar-refractivity contribution in [2.24, 2.45) is 0 Å². The Kier molecular flexibility index (Phi) is 9.54. The fourth-order valence-corrected chi connectivity index (χ4v) is 5.49. The molecule has 7 nitrogen and oxygen atoms in total. The number of nitrogens with one attached hydrogen (secondary N) is 1. The second-order valence-corrected chi connectivity index (χ2v) is 10.6. The van der Waals surface area contributed by atoms with Crippen molar-refractivity contribution >= 4 is 45.9 Å². The number of aryl methyl sites for hydroxylation is 2. The normalized spacial score (nSPS) is 11.8. The van der Waals surface area contributed by atoms with E-state index in [0.29, 0.717) is 52.0 Å². The molecule has 1 unspecified atom stereocenters. The number of thioether (sulfide) groups is 1. The van der Waals surface area contributed by atoms with Crippen LogP contribution in [0.4, 0.5) is 5.69 Å². The SMILES string of the molecule is CCc1ccccc1NC(=O)C(CC)Sc1nc2cc(OC)c(OC)cc2c(=O)n1CCc1ccc(Cl)cc1. The molecule has 3 aromatic carbocycles. The number of para-hydroxylation sites is 1. The van der Waals surface area contributed by atoms with Crippen LogP contribution in [-0.2, 0) is 24.2 Å². The summed E-state index contributed by atoms with van der Waals surface area (Å²) >= 11 is 7.34. The van der Waals surface area contributed by atoms with Crippen molar-refractivity contribution in [3.8, 4) is 11.5 Å². The molecule has 39 heavy (non-hydrogen) atoms. The molecular formula is C30H32ClN3O4S. The molecule has 0 aliphatic heterocycles. The van der Waals surface area contributed by atoms with Crippen molar-refractivity contribution in [2.45, 2.75) is 50.1 Å². The van der Waals surface area contributed by atoms with Crippen LogP contribution in [0.25, 0.3) is 10.9 Å². The van der Waals surface area contributed by atoms with Gasteiger partial charge < -0.3 is 14.8 Å². The second-order valence-electron chi connectivity index (χ2n) is 8.97. The summed E-state index contributed by atoms with van der Waals surface area (Å²) in [6, 6.07) is 18.7. The highest BCUT2D eigenvalue weighted by atomic mass is 35.5. The number of carbonyl (C=O) groups excluding carboxylic acids is 1. The smallest absolute Gasteiger partial charge is 0.262 e. The number of benzene rings is 3. The van der Waals surface area contributed by atoms with E-state index in [1.807, 2.05) is 55.5 Å². The molecule has 0 aliphatic rings. The van der Waals surface area contributed by atoms with Crippen molar-refractivity contribution in [1.82, 2.24) is 9.55 Å². The average molecular weight is 566 g/mol. The largest absolute Gasteiger partial charge is 0.493 e. The van der Waals surface area contributed by atoms with Gasteiger partial charge in [-0.15, -0.1) is 0 Å². The zero-order valence-corrected chi connectivity index (χ0v) is 24.1. The summed E-state index contributed by atoms with van der Waals surface area (Å²) < 4.78 is 12.5. The number of ether oxygens (including phenoxy) is 2. The van der Waals surface area contributed by atoms with Gasteiger partial charge in [-0.3, -0.25) is 14.2 Å². The Bertz CT molecular complexity index is 1520. The molecule has 1 amide bonds. The molecule has 0 fully saturated rings. The van der Waals surface area contributed by atoms with Gasteiger partial charge in [0.25, 0.3) is 5.56 Å². The molecule has 1 aromatic heterocycles. The fourth-order valence-electron chi connectivity index (χ4n) is 4.32. The van der Waals surface area contributed by atoms with Gasteiger partial charge in [0.05, 0.1) is 30.4 Å². The number of halogens is 1. The molecule has 4 rings (SSSR count). The minimum Gasteiger partial charge on any atom is -0.493 e. The third kappa shape index (κ3) is 6.57. The lowest BCUT2D eigenvalue weighted by atomic mass is 10.1. The Hall–Kier alpha value is -3.49. The van der Waals surface area contributed by atoms with Crippen molar-refractivity contribution in [1.29, 1.82) is 0 Å². The van der Waals surface area contributed by atoms with Gasteiger partial charge in [0.1, 0.15) is 0 Å². The van der Waals surface area contributed by atoms with Crippen molar-refractivity contribution < 1.29 is 14.3 Å². The first-order chi connectivity index (χ1) is 18.9. The zero-order chi connectivity index (χ0) is 27.9. The summed E-state index contributed by atoms with van der Waals surface area (Å²) in [6.45, 7) is 4.39. The fraction of sp³-hybridized carbons (Fsp3) is 0.300. The van der Waals surface area contributed by atoms with E-state index in [0.717, 1.165) is 23.2 Å². The number of fused-ring (bicyclic) bond motifs is 1. The summed E-state index contributed by atoms with van der Waals surface area (Å²) in [5.74, 6) is 0.802. The molecule has 204 valence electrons. The number of hydrogen-bond donors (Lipinski definition) is 1. The highest BCUT2D eigenvalue weighted by molar-refractivity contribution is 8.00.